The van der Waals surface area contributed by atoms with Crippen LogP contribution in [0, 0.1) is 0 Å². The average molecular weight is 451 g/mol. The molecule has 2 aromatic carbocycles. The van der Waals surface area contributed by atoms with Crippen LogP contribution in [-0.2, 0) is 33.3 Å². The van der Waals surface area contributed by atoms with Crippen LogP contribution in [0.4, 0.5) is 0 Å². The van der Waals surface area contributed by atoms with Gasteiger partial charge in [0.05, 0.1) is 44.9 Å². The van der Waals surface area contributed by atoms with Crippen LogP contribution >= 0.6 is 0 Å². The van der Waals surface area contributed by atoms with E-state index in [0.717, 1.165) is 0 Å². The Kier molecular flexibility index (Phi) is 4.86. The van der Waals surface area contributed by atoms with E-state index >= 15 is 0 Å². The van der Waals surface area contributed by atoms with Gasteiger partial charge in [-0.2, -0.15) is 16.8 Å². The van der Waals surface area contributed by atoms with Gasteiger partial charge in [-0.25, -0.2) is 9.97 Å². The Bertz CT molecular complexity index is 1360. The SMILES string of the molecule is CN(Cc1nc2cc(S(=O)(=O)O)ccc2[nH]1)Cc1nc2cc(S(=O)(=O)O)ccc2[nH]1. The Morgan fingerprint density at radius 3 is 1.57 bits per heavy atom. The molecule has 0 saturated carbocycles. The highest BCUT2D eigenvalue weighted by atomic mass is 32.2. The molecule has 0 bridgehead atoms. The molecule has 0 aliphatic carbocycles. The molecule has 30 heavy (non-hydrogen) atoms. The highest BCUT2D eigenvalue weighted by Gasteiger charge is 2.15. The molecule has 4 N–H and O–H groups in total. The molecule has 0 radical (unpaired) electrons. The molecular weight excluding hydrogens is 434 g/mol. The first-order valence-corrected chi connectivity index (χ1v) is 11.5. The maximum Gasteiger partial charge on any atom is 0.294 e. The van der Waals surface area contributed by atoms with Crippen LogP contribution in [0.25, 0.3) is 22.1 Å². The van der Waals surface area contributed by atoms with Crippen molar-refractivity contribution >= 4 is 42.3 Å². The predicted molar refractivity (Wildman–Crippen MR) is 107 cm³/mol. The number of hydrogen-bond donors (Lipinski definition) is 4. The molecule has 158 valence electrons. The topological polar surface area (TPSA) is 169 Å². The summed E-state index contributed by atoms with van der Waals surface area (Å²) in [5, 5.41) is 0. The molecule has 0 fully saturated rings. The summed E-state index contributed by atoms with van der Waals surface area (Å²) in [6, 6.07) is 8.21. The maximum absolute atomic E-state index is 11.3. The zero-order valence-electron chi connectivity index (χ0n) is 15.6. The Balaban J connectivity index is 1.52. The number of imidazole rings is 2. The Labute approximate surface area is 171 Å². The summed E-state index contributed by atoms with van der Waals surface area (Å²) in [5.74, 6) is 1.18. The summed E-state index contributed by atoms with van der Waals surface area (Å²) in [5.41, 5.74) is 2.09. The van der Waals surface area contributed by atoms with Crippen LogP contribution in [0.2, 0.25) is 0 Å². The summed E-state index contributed by atoms with van der Waals surface area (Å²) in [6.07, 6.45) is 0. The molecule has 0 spiro atoms. The molecule has 13 heteroatoms. The summed E-state index contributed by atoms with van der Waals surface area (Å²) in [6.45, 7) is 0.784. The van der Waals surface area contributed by atoms with Crippen molar-refractivity contribution in [2.75, 3.05) is 7.05 Å². The third kappa shape index (κ3) is 4.20. The number of nitrogens with one attached hydrogen (secondary N) is 2. The van der Waals surface area contributed by atoms with Crippen LogP contribution in [0.1, 0.15) is 11.6 Å². The molecule has 0 atom stereocenters. The third-order valence-corrected chi connectivity index (χ3v) is 6.14. The molecular formula is C17H17N5O6S2. The van der Waals surface area contributed by atoms with Crippen LogP contribution in [-0.4, -0.2) is 57.8 Å². The second-order valence-corrected chi connectivity index (χ2v) is 9.69. The second-order valence-electron chi connectivity index (χ2n) is 6.85. The molecule has 0 aliphatic heterocycles. The lowest BCUT2D eigenvalue weighted by Gasteiger charge is -2.12. The van der Waals surface area contributed by atoms with Crippen molar-refractivity contribution < 1.29 is 25.9 Å². The van der Waals surface area contributed by atoms with Gasteiger partial charge in [0, 0.05) is 0 Å². The van der Waals surface area contributed by atoms with Crippen LogP contribution in [0.3, 0.4) is 0 Å². The van der Waals surface area contributed by atoms with Crippen molar-refractivity contribution in [1.82, 2.24) is 24.8 Å². The van der Waals surface area contributed by atoms with E-state index in [2.05, 4.69) is 19.9 Å². The van der Waals surface area contributed by atoms with E-state index in [9.17, 15) is 16.8 Å². The number of H-pyrrole nitrogens is 2. The number of benzene rings is 2. The highest BCUT2D eigenvalue weighted by molar-refractivity contribution is 7.86. The van der Waals surface area contributed by atoms with E-state index in [1.54, 1.807) is 0 Å². The van der Waals surface area contributed by atoms with Gasteiger partial charge in [-0.3, -0.25) is 14.0 Å². The molecule has 4 rings (SSSR count). The van der Waals surface area contributed by atoms with Crippen molar-refractivity contribution in [2.24, 2.45) is 0 Å². The van der Waals surface area contributed by atoms with E-state index in [0.29, 0.717) is 46.8 Å². The Morgan fingerprint density at radius 2 is 1.20 bits per heavy atom. The van der Waals surface area contributed by atoms with Crippen molar-refractivity contribution in [2.45, 2.75) is 22.9 Å². The molecule has 2 heterocycles. The summed E-state index contributed by atoms with van der Waals surface area (Å²) >= 11 is 0. The Morgan fingerprint density at radius 1 is 0.800 bits per heavy atom. The van der Waals surface area contributed by atoms with Gasteiger partial charge in [0.25, 0.3) is 20.2 Å². The van der Waals surface area contributed by atoms with Crippen LogP contribution < -0.4 is 0 Å². The highest BCUT2D eigenvalue weighted by Crippen LogP contribution is 2.20. The number of aromatic nitrogens is 4. The number of fused-ring (bicyclic) bond motifs is 2. The van der Waals surface area contributed by atoms with Crippen molar-refractivity contribution in [3.05, 3.63) is 48.0 Å². The monoisotopic (exact) mass is 451 g/mol. The lowest BCUT2D eigenvalue weighted by molar-refractivity contribution is 0.305. The van der Waals surface area contributed by atoms with Crippen LogP contribution in [0.5, 0.6) is 0 Å². The minimum absolute atomic E-state index is 0.229. The average Bonchev–Trinajstić information content (AvgIpc) is 3.20. The van der Waals surface area contributed by atoms with Gasteiger partial charge in [-0.15, -0.1) is 0 Å². The minimum atomic E-state index is -4.30. The summed E-state index contributed by atoms with van der Waals surface area (Å²) < 4.78 is 63.4. The quantitative estimate of drug-likeness (QED) is 0.318. The first-order chi connectivity index (χ1) is 14.0. The molecule has 4 aromatic rings. The van der Waals surface area contributed by atoms with Crippen LogP contribution in [0.15, 0.2) is 46.2 Å². The first-order valence-electron chi connectivity index (χ1n) is 8.60. The molecule has 0 unspecified atom stereocenters. The van der Waals surface area contributed by atoms with Gasteiger partial charge in [-0.1, -0.05) is 0 Å². The van der Waals surface area contributed by atoms with E-state index < -0.39 is 20.2 Å². The van der Waals surface area contributed by atoms with Gasteiger partial charge in [-0.05, 0) is 43.4 Å². The van der Waals surface area contributed by atoms with Gasteiger partial charge in [0.2, 0.25) is 0 Å². The van der Waals surface area contributed by atoms with E-state index in [4.69, 9.17) is 9.11 Å². The number of aromatic amines is 2. The maximum atomic E-state index is 11.3. The van der Waals surface area contributed by atoms with E-state index in [1.807, 2.05) is 11.9 Å². The minimum Gasteiger partial charge on any atom is -0.341 e. The van der Waals surface area contributed by atoms with Gasteiger partial charge >= 0.3 is 0 Å². The lowest BCUT2D eigenvalue weighted by atomic mass is 10.3. The fourth-order valence-corrected chi connectivity index (χ4v) is 4.12. The standard InChI is InChI=1S/C17H17N5O6S2/c1-22(8-16-18-12-4-2-10(29(23,24)25)6-14(12)20-16)9-17-19-13-5-3-11(30(26,27)28)7-15(13)21-17/h2-7H,8-9H2,1H3,(H,18,20)(H,19,21)(H,23,24,25)(H,26,27,28). The van der Waals surface area contributed by atoms with Gasteiger partial charge in [0.15, 0.2) is 0 Å². The van der Waals surface area contributed by atoms with E-state index in [1.165, 1.54) is 36.4 Å². The van der Waals surface area contributed by atoms with E-state index in [-0.39, 0.29) is 9.79 Å². The molecule has 0 amide bonds. The molecule has 2 aromatic heterocycles. The lowest BCUT2D eigenvalue weighted by Crippen LogP contribution is -2.18. The summed E-state index contributed by atoms with van der Waals surface area (Å²) in [7, 11) is -6.78. The molecule has 0 saturated heterocycles. The van der Waals surface area contributed by atoms with Crippen molar-refractivity contribution in [3.63, 3.8) is 0 Å². The number of nitrogens with zero attached hydrogens (tertiary/aromatic N) is 3. The first kappa shape index (κ1) is 20.4. The Hall–Kier alpha value is -2.84. The zero-order valence-corrected chi connectivity index (χ0v) is 17.2. The van der Waals surface area contributed by atoms with Crippen molar-refractivity contribution in [1.29, 1.82) is 0 Å². The smallest absolute Gasteiger partial charge is 0.294 e. The zero-order chi connectivity index (χ0) is 21.7. The van der Waals surface area contributed by atoms with Crippen molar-refractivity contribution in [3.8, 4) is 0 Å². The fourth-order valence-electron chi connectivity index (χ4n) is 3.11. The number of rotatable bonds is 6. The normalized spacial score (nSPS) is 12.9. The largest absolute Gasteiger partial charge is 0.341 e. The van der Waals surface area contributed by atoms with Gasteiger partial charge in [0.1, 0.15) is 11.6 Å². The summed E-state index contributed by atoms with van der Waals surface area (Å²) in [4.78, 5) is 16.3. The fraction of sp³-hybridized carbons (Fsp3) is 0.176. The second kappa shape index (κ2) is 7.14. The number of hydrogen-bond acceptors (Lipinski definition) is 7. The predicted octanol–water partition coefficient (Wildman–Crippen LogP) is 1.56. The molecule has 0 aliphatic rings. The third-order valence-electron chi connectivity index (χ3n) is 4.44. The van der Waals surface area contributed by atoms with Gasteiger partial charge < -0.3 is 9.97 Å². The molecule has 11 nitrogen and oxygen atoms in total.